The lowest BCUT2D eigenvalue weighted by atomic mass is 10.2. The summed E-state index contributed by atoms with van der Waals surface area (Å²) in [6.07, 6.45) is 1.79. The highest BCUT2D eigenvalue weighted by atomic mass is 32.1. The number of nitrogens with one attached hydrogen (secondary N) is 1. The fourth-order valence-electron chi connectivity index (χ4n) is 1.82. The van der Waals surface area contributed by atoms with Crippen LogP contribution in [-0.2, 0) is 0 Å². The summed E-state index contributed by atoms with van der Waals surface area (Å²) in [5, 5.41) is 11.8. The molecular weight excluding hydrogens is 314 g/mol. The predicted molar refractivity (Wildman–Crippen MR) is 90.6 cm³/mol. The molecule has 0 aliphatic rings. The van der Waals surface area contributed by atoms with E-state index < -0.39 is 0 Å². The van der Waals surface area contributed by atoms with Gasteiger partial charge in [-0.3, -0.25) is 10.1 Å². The van der Waals surface area contributed by atoms with Crippen LogP contribution in [0.5, 0.6) is 11.5 Å². The Morgan fingerprint density at radius 3 is 2.43 bits per heavy atom. The van der Waals surface area contributed by atoms with E-state index >= 15 is 0 Å². The lowest BCUT2D eigenvalue weighted by Gasteiger charge is -2.13. The van der Waals surface area contributed by atoms with E-state index in [4.69, 9.17) is 9.47 Å². The van der Waals surface area contributed by atoms with E-state index in [2.05, 4.69) is 15.5 Å². The molecule has 1 N–H and O–H groups in total. The van der Waals surface area contributed by atoms with Gasteiger partial charge in [-0.25, -0.2) is 0 Å². The number of rotatable bonds is 8. The smallest absolute Gasteiger partial charge is 0.257 e. The molecule has 0 aliphatic carbocycles. The third-order valence-electron chi connectivity index (χ3n) is 2.88. The summed E-state index contributed by atoms with van der Waals surface area (Å²) in [6, 6.07) is 5.18. The zero-order valence-electron chi connectivity index (χ0n) is 13.6. The molecule has 0 radical (unpaired) electrons. The van der Waals surface area contributed by atoms with Crippen molar-refractivity contribution in [2.45, 2.75) is 33.6 Å². The van der Waals surface area contributed by atoms with Gasteiger partial charge < -0.3 is 9.47 Å². The van der Waals surface area contributed by atoms with Crippen molar-refractivity contribution in [3.8, 4) is 11.5 Å². The van der Waals surface area contributed by atoms with Gasteiger partial charge in [0, 0.05) is 5.56 Å². The minimum Gasteiger partial charge on any atom is -0.490 e. The van der Waals surface area contributed by atoms with Crippen LogP contribution in [-0.4, -0.2) is 29.3 Å². The molecular formula is C16H21N3O3S. The lowest BCUT2D eigenvalue weighted by Crippen LogP contribution is -2.12. The molecule has 0 atom stereocenters. The van der Waals surface area contributed by atoms with Crippen molar-refractivity contribution in [1.29, 1.82) is 0 Å². The third-order valence-corrected chi connectivity index (χ3v) is 3.63. The normalized spacial score (nSPS) is 10.4. The van der Waals surface area contributed by atoms with E-state index in [-0.39, 0.29) is 5.91 Å². The predicted octanol–water partition coefficient (Wildman–Crippen LogP) is 3.68. The fraction of sp³-hybridized carbons (Fsp3) is 0.438. The number of amides is 1. The van der Waals surface area contributed by atoms with Crippen molar-refractivity contribution in [2.75, 3.05) is 18.5 Å². The second-order valence-electron chi connectivity index (χ2n) is 4.94. The van der Waals surface area contributed by atoms with Crippen molar-refractivity contribution in [1.82, 2.24) is 10.2 Å². The first-order valence-electron chi connectivity index (χ1n) is 7.65. The molecule has 1 aromatic carbocycles. The molecule has 0 bridgehead atoms. The second kappa shape index (κ2) is 8.47. The number of anilines is 1. The first-order chi connectivity index (χ1) is 11.1. The van der Waals surface area contributed by atoms with Crippen LogP contribution in [0.2, 0.25) is 0 Å². The monoisotopic (exact) mass is 335 g/mol. The Hall–Kier alpha value is -2.15. The van der Waals surface area contributed by atoms with Gasteiger partial charge in [0.2, 0.25) is 5.13 Å². The van der Waals surface area contributed by atoms with Gasteiger partial charge in [0.05, 0.1) is 13.2 Å². The summed E-state index contributed by atoms with van der Waals surface area (Å²) in [4.78, 5) is 12.3. The van der Waals surface area contributed by atoms with E-state index in [9.17, 15) is 4.79 Å². The molecule has 1 aromatic heterocycles. The number of ether oxygens (including phenoxy) is 2. The molecule has 0 aliphatic heterocycles. The lowest BCUT2D eigenvalue weighted by molar-refractivity contribution is 0.102. The van der Waals surface area contributed by atoms with Crippen LogP contribution in [0.4, 0.5) is 5.13 Å². The molecule has 0 spiro atoms. The molecule has 6 nitrogen and oxygen atoms in total. The van der Waals surface area contributed by atoms with Gasteiger partial charge in [-0.1, -0.05) is 25.2 Å². The number of hydrogen-bond donors (Lipinski definition) is 1. The first-order valence-corrected chi connectivity index (χ1v) is 8.46. The van der Waals surface area contributed by atoms with Crippen LogP contribution < -0.4 is 14.8 Å². The van der Waals surface area contributed by atoms with Crippen LogP contribution in [0, 0.1) is 6.92 Å². The topological polar surface area (TPSA) is 73.3 Å². The second-order valence-corrected chi connectivity index (χ2v) is 6.12. The average molecular weight is 335 g/mol. The molecule has 7 heteroatoms. The molecule has 0 fully saturated rings. The molecule has 0 unspecified atom stereocenters. The summed E-state index contributed by atoms with van der Waals surface area (Å²) in [6.45, 7) is 7.09. The molecule has 2 aromatic rings. The van der Waals surface area contributed by atoms with E-state index in [0.717, 1.165) is 17.8 Å². The number of aryl methyl sites for hydroxylation is 1. The van der Waals surface area contributed by atoms with Crippen molar-refractivity contribution >= 4 is 22.4 Å². The first kappa shape index (κ1) is 17.2. The van der Waals surface area contributed by atoms with Crippen molar-refractivity contribution in [2.24, 2.45) is 0 Å². The minimum atomic E-state index is -0.246. The highest BCUT2D eigenvalue weighted by molar-refractivity contribution is 7.15. The zero-order chi connectivity index (χ0) is 16.7. The van der Waals surface area contributed by atoms with Crippen LogP contribution in [0.25, 0.3) is 0 Å². The van der Waals surface area contributed by atoms with Crippen molar-refractivity contribution in [3.63, 3.8) is 0 Å². The Bertz CT molecular complexity index is 658. The summed E-state index contributed by atoms with van der Waals surface area (Å²) < 4.78 is 11.4. The SMILES string of the molecule is CCCOc1ccc(C(=O)Nc2nnc(C)s2)cc1OCCC. The van der Waals surface area contributed by atoms with E-state index in [1.165, 1.54) is 11.3 Å². The van der Waals surface area contributed by atoms with E-state index in [1.54, 1.807) is 18.2 Å². The van der Waals surface area contributed by atoms with Gasteiger partial charge in [-0.15, -0.1) is 10.2 Å². The summed E-state index contributed by atoms with van der Waals surface area (Å²) in [7, 11) is 0. The largest absolute Gasteiger partial charge is 0.490 e. The quantitative estimate of drug-likeness (QED) is 0.796. The molecule has 1 amide bonds. The Balaban J connectivity index is 2.15. The number of benzene rings is 1. The maximum absolute atomic E-state index is 12.3. The molecule has 2 rings (SSSR count). The Labute approximate surface area is 139 Å². The Morgan fingerprint density at radius 2 is 1.83 bits per heavy atom. The van der Waals surface area contributed by atoms with Crippen LogP contribution in [0.15, 0.2) is 18.2 Å². The van der Waals surface area contributed by atoms with Crippen LogP contribution in [0.1, 0.15) is 42.1 Å². The number of aromatic nitrogens is 2. The third kappa shape index (κ3) is 4.92. The molecule has 0 saturated heterocycles. The maximum atomic E-state index is 12.3. The van der Waals surface area contributed by atoms with E-state index in [0.29, 0.717) is 35.4 Å². The van der Waals surface area contributed by atoms with Gasteiger partial charge in [0.1, 0.15) is 5.01 Å². The van der Waals surface area contributed by atoms with Gasteiger partial charge in [-0.2, -0.15) is 0 Å². The Kier molecular flexibility index (Phi) is 6.34. The average Bonchev–Trinajstić information content (AvgIpc) is 2.96. The summed E-state index contributed by atoms with van der Waals surface area (Å²) in [5.74, 6) is 0.995. The molecule has 124 valence electrons. The molecule has 1 heterocycles. The van der Waals surface area contributed by atoms with Crippen LogP contribution in [0.3, 0.4) is 0 Å². The van der Waals surface area contributed by atoms with Gasteiger partial charge in [-0.05, 0) is 38.0 Å². The summed E-state index contributed by atoms with van der Waals surface area (Å²) in [5.41, 5.74) is 0.493. The van der Waals surface area contributed by atoms with Gasteiger partial charge in [0.25, 0.3) is 5.91 Å². The molecule has 23 heavy (non-hydrogen) atoms. The van der Waals surface area contributed by atoms with Crippen LogP contribution >= 0.6 is 11.3 Å². The standard InChI is InChI=1S/C16H21N3O3S/c1-4-8-21-13-7-6-12(10-14(13)22-9-5-2)15(20)17-16-19-18-11(3)23-16/h6-7,10H,4-5,8-9H2,1-3H3,(H,17,19,20). The fourth-order valence-corrected chi connectivity index (χ4v) is 2.41. The molecule has 0 saturated carbocycles. The van der Waals surface area contributed by atoms with Crippen molar-refractivity contribution in [3.05, 3.63) is 28.8 Å². The Morgan fingerprint density at radius 1 is 1.13 bits per heavy atom. The minimum absolute atomic E-state index is 0.246. The highest BCUT2D eigenvalue weighted by Gasteiger charge is 2.13. The number of carbonyl (C=O) groups excluding carboxylic acids is 1. The van der Waals surface area contributed by atoms with Gasteiger partial charge in [0.15, 0.2) is 11.5 Å². The number of nitrogens with zero attached hydrogens (tertiary/aromatic N) is 2. The number of hydrogen-bond acceptors (Lipinski definition) is 6. The van der Waals surface area contributed by atoms with E-state index in [1.807, 2.05) is 20.8 Å². The highest BCUT2D eigenvalue weighted by Crippen LogP contribution is 2.29. The number of carbonyl (C=O) groups is 1. The van der Waals surface area contributed by atoms with Crippen molar-refractivity contribution < 1.29 is 14.3 Å². The summed E-state index contributed by atoms with van der Waals surface area (Å²) >= 11 is 1.33. The van der Waals surface area contributed by atoms with Gasteiger partial charge >= 0.3 is 0 Å². The maximum Gasteiger partial charge on any atom is 0.257 e. The zero-order valence-corrected chi connectivity index (χ0v) is 14.4.